The molecule has 3 heterocycles. The quantitative estimate of drug-likeness (QED) is 0.710. The molecule has 0 saturated heterocycles. The molecule has 0 radical (unpaired) electrons. The Morgan fingerprint density at radius 1 is 1.42 bits per heavy atom. The fraction of sp³-hybridized carbons (Fsp3) is 0.357. The van der Waals surface area contributed by atoms with Gasteiger partial charge in [0.25, 0.3) is 0 Å². The van der Waals surface area contributed by atoms with E-state index in [1.807, 2.05) is 6.92 Å². The van der Waals surface area contributed by atoms with Gasteiger partial charge in [-0.05, 0) is 25.0 Å². The predicted octanol–water partition coefficient (Wildman–Crippen LogP) is 1.25. The van der Waals surface area contributed by atoms with Crippen molar-refractivity contribution in [1.29, 1.82) is 0 Å². The zero-order chi connectivity index (χ0) is 17.6. The van der Waals surface area contributed by atoms with E-state index < -0.39 is 0 Å². The number of imidazole rings is 1. The summed E-state index contributed by atoms with van der Waals surface area (Å²) in [5, 5.41) is 11.2. The molecule has 0 fully saturated rings. The predicted molar refractivity (Wildman–Crippen MR) is 88.5 cm³/mol. The molecule has 0 spiro atoms. The summed E-state index contributed by atoms with van der Waals surface area (Å²) in [6.45, 7) is 4.08. The second kappa shape index (κ2) is 5.84. The third kappa shape index (κ3) is 2.51. The van der Waals surface area contributed by atoms with Crippen LogP contribution in [0.5, 0.6) is 0 Å². The van der Waals surface area contributed by atoms with E-state index in [4.69, 9.17) is 22.1 Å². The van der Waals surface area contributed by atoms with Crippen LogP contribution in [0.4, 0.5) is 5.95 Å². The summed E-state index contributed by atoms with van der Waals surface area (Å²) in [6.07, 6.45) is 0. The Balaban J connectivity index is 2.12. The minimum absolute atomic E-state index is 0.0216. The number of aromatic amines is 1. The highest BCUT2D eigenvalue weighted by Crippen LogP contribution is 2.28. The van der Waals surface area contributed by atoms with E-state index >= 15 is 0 Å². The zero-order valence-electron chi connectivity index (χ0n) is 13.4. The monoisotopic (exact) mass is 352 g/mol. The van der Waals surface area contributed by atoms with E-state index in [1.165, 1.54) is 11.7 Å². The van der Waals surface area contributed by atoms with Crippen molar-refractivity contribution in [3.63, 3.8) is 0 Å². The molecule has 2 aromatic rings. The molecule has 0 bridgehead atoms. The maximum atomic E-state index is 12.3. The molecule has 3 rings (SSSR count). The van der Waals surface area contributed by atoms with Gasteiger partial charge in [-0.15, -0.1) is 0 Å². The van der Waals surface area contributed by atoms with Crippen LogP contribution in [-0.4, -0.2) is 43.4 Å². The number of ether oxygens (including phenoxy) is 1. The summed E-state index contributed by atoms with van der Waals surface area (Å²) in [5.74, 6) is 0.547. The van der Waals surface area contributed by atoms with Crippen molar-refractivity contribution in [2.75, 3.05) is 19.4 Å². The van der Waals surface area contributed by atoms with Crippen LogP contribution in [0.25, 0.3) is 11.2 Å². The van der Waals surface area contributed by atoms with E-state index in [9.17, 15) is 10.0 Å². The number of nitrogens with zero attached hydrogens (tertiary/aromatic N) is 4. The Labute approximate surface area is 142 Å². The number of aromatic nitrogens is 4. The highest BCUT2D eigenvalue weighted by atomic mass is 35.5. The van der Waals surface area contributed by atoms with E-state index in [-0.39, 0.29) is 29.9 Å². The fourth-order valence-electron chi connectivity index (χ4n) is 2.79. The average molecular weight is 353 g/mol. The van der Waals surface area contributed by atoms with E-state index in [2.05, 4.69) is 15.0 Å². The third-order valence-electron chi connectivity index (χ3n) is 4.08. The number of nitrogens with one attached hydrogen (secondary N) is 1. The molecule has 1 aliphatic rings. The lowest BCUT2D eigenvalue weighted by Gasteiger charge is -2.29. The lowest BCUT2D eigenvalue weighted by atomic mass is 10.0. The molecule has 0 aliphatic carbocycles. The summed E-state index contributed by atoms with van der Waals surface area (Å²) in [7, 11) is 1.53. The van der Waals surface area contributed by atoms with Crippen molar-refractivity contribution >= 4 is 28.7 Å². The number of nitrogen functional groups attached to an aromatic ring is 1. The summed E-state index contributed by atoms with van der Waals surface area (Å²) in [4.78, 5) is 22.8. The molecule has 0 amide bonds. The number of hydrogen-bond acceptors (Lipinski definition) is 7. The number of anilines is 1. The van der Waals surface area contributed by atoms with Crippen molar-refractivity contribution in [3.8, 4) is 0 Å². The highest BCUT2D eigenvalue weighted by molar-refractivity contribution is 6.33. The van der Waals surface area contributed by atoms with Gasteiger partial charge in [-0.1, -0.05) is 11.6 Å². The molecular formula is C14H17ClN6O3. The van der Waals surface area contributed by atoms with Crippen molar-refractivity contribution in [2.24, 2.45) is 0 Å². The Morgan fingerprint density at radius 3 is 2.79 bits per heavy atom. The molecule has 0 unspecified atom stereocenters. The normalized spacial score (nSPS) is 15.6. The van der Waals surface area contributed by atoms with Crippen LogP contribution < -0.4 is 11.4 Å². The molecule has 9 nitrogen and oxygen atoms in total. The zero-order valence-corrected chi connectivity index (χ0v) is 14.2. The Hall–Kier alpha value is -2.52. The van der Waals surface area contributed by atoms with E-state index in [0.717, 1.165) is 16.2 Å². The summed E-state index contributed by atoms with van der Waals surface area (Å²) in [6, 6.07) is 0. The summed E-state index contributed by atoms with van der Waals surface area (Å²) < 4.78 is 6.75. The minimum atomic E-state index is -0.387. The topological polar surface area (TPSA) is 122 Å². The van der Waals surface area contributed by atoms with Gasteiger partial charge in [-0.25, -0.2) is 4.79 Å². The van der Waals surface area contributed by atoms with Crippen LogP contribution in [0.1, 0.15) is 13.8 Å². The first-order valence-electron chi connectivity index (χ1n) is 7.15. The van der Waals surface area contributed by atoms with Crippen LogP contribution in [0.15, 0.2) is 27.4 Å². The van der Waals surface area contributed by atoms with Gasteiger partial charge < -0.3 is 15.5 Å². The Kier molecular flexibility index (Phi) is 3.98. The number of nitrogens with two attached hydrogens (primary N) is 1. The lowest BCUT2D eigenvalue weighted by molar-refractivity contribution is -0.0543. The van der Waals surface area contributed by atoms with Gasteiger partial charge in [-0.2, -0.15) is 9.97 Å². The fourth-order valence-corrected chi connectivity index (χ4v) is 3.00. The molecule has 1 aliphatic heterocycles. The van der Waals surface area contributed by atoms with Gasteiger partial charge in [0.15, 0.2) is 10.8 Å². The maximum Gasteiger partial charge on any atom is 0.328 e. The largest absolute Gasteiger partial charge is 0.495 e. The molecule has 128 valence electrons. The molecule has 10 heteroatoms. The highest BCUT2D eigenvalue weighted by Gasteiger charge is 2.24. The number of H-pyrrole nitrogens is 1. The molecule has 0 aromatic carbocycles. The maximum absolute atomic E-state index is 12.3. The summed E-state index contributed by atoms with van der Waals surface area (Å²) >= 11 is 6.00. The number of hydrogen-bond donors (Lipinski definition) is 3. The van der Waals surface area contributed by atoms with Crippen LogP contribution in [0.2, 0.25) is 5.15 Å². The van der Waals surface area contributed by atoms with Gasteiger partial charge in [0.05, 0.1) is 25.9 Å². The second-order valence-electron chi connectivity index (χ2n) is 5.49. The van der Waals surface area contributed by atoms with Crippen molar-refractivity contribution in [3.05, 3.63) is 38.2 Å². The number of hydroxylamine groups is 2. The Morgan fingerprint density at radius 2 is 2.12 bits per heavy atom. The van der Waals surface area contributed by atoms with E-state index in [0.29, 0.717) is 22.6 Å². The van der Waals surface area contributed by atoms with Gasteiger partial charge in [0.2, 0.25) is 5.95 Å². The van der Waals surface area contributed by atoms with Crippen LogP contribution in [0, 0.1) is 0 Å². The SMILES string of the molecule is COC1=C(C)N(O)CC(Cn2c(=O)[nH]c3c(Cl)nc(N)nc32)=C1C. The van der Waals surface area contributed by atoms with Crippen LogP contribution in [0.3, 0.4) is 0 Å². The second-order valence-corrected chi connectivity index (χ2v) is 5.85. The van der Waals surface area contributed by atoms with Crippen molar-refractivity contribution < 1.29 is 9.94 Å². The number of rotatable bonds is 3. The standard InChI is InChI=1S/C14H17ClN6O3/c1-6-8(5-21(23)7(2)10(6)24-3)4-20-12-9(17-14(20)22)11(15)18-13(16)19-12/h23H,4-5H2,1-3H3,(H,17,22)(H2,16,18,19). The summed E-state index contributed by atoms with van der Waals surface area (Å²) in [5.41, 5.74) is 8.14. The molecular weight excluding hydrogens is 336 g/mol. The molecule has 4 N–H and O–H groups in total. The first-order valence-corrected chi connectivity index (χ1v) is 7.53. The number of fused-ring (bicyclic) bond motifs is 1. The van der Waals surface area contributed by atoms with Crippen molar-refractivity contribution in [2.45, 2.75) is 20.4 Å². The Bertz CT molecular complexity index is 942. The third-order valence-corrected chi connectivity index (χ3v) is 4.35. The van der Waals surface area contributed by atoms with Crippen LogP contribution >= 0.6 is 11.6 Å². The first kappa shape index (κ1) is 16.3. The van der Waals surface area contributed by atoms with Gasteiger partial charge in [-0.3, -0.25) is 14.8 Å². The van der Waals surface area contributed by atoms with Gasteiger partial charge in [0.1, 0.15) is 11.3 Å². The lowest BCUT2D eigenvalue weighted by Crippen LogP contribution is -2.30. The van der Waals surface area contributed by atoms with Gasteiger partial charge >= 0.3 is 5.69 Å². The number of allylic oxidation sites excluding steroid dienone is 2. The van der Waals surface area contributed by atoms with Crippen LogP contribution in [-0.2, 0) is 11.3 Å². The number of methoxy groups -OCH3 is 1. The average Bonchev–Trinajstić information content (AvgIpc) is 2.82. The molecule has 0 atom stereocenters. The minimum Gasteiger partial charge on any atom is -0.495 e. The molecule has 24 heavy (non-hydrogen) atoms. The van der Waals surface area contributed by atoms with Gasteiger partial charge in [0, 0.05) is 0 Å². The first-order chi connectivity index (χ1) is 11.3. The molecule has 0 saturated carbocycles. The van der Waals surface area contributed by atoms with E-state index in [1.54, 1.807) is 6.92 Å². The van der Waals surface area contributed by atoms with Crippen molar-refractivity contribution in [1.82, 2.24) is 24.6 Å². The molecule has 2 aromatic heterocycles. The number of halogens is 1. The smallest absolute Gasteiger partial charge is 0.328 e.